The minimum atomic E-state index is -3.96. The van der Waals surface area contributed by atoms with Gasteiger partial charge in [0.05, 0.1) is 16.9 Å². The number of methoxy groups -OCH3 is 1. The van der Waals surface area contributed by atoms with Crippen LogP contribution >= 0.6 is 11.3 Å². The first-order chi connectivity index (χ1) is 13.7. The quantitative estimate of drug-likeness (QED) is 0.526. The number of benzene rings is 2. The van der Waals surface area contributed by atoms with E-state index in [1.807, 2.05) is 0 Å². The molecule has 0 saturated carbocycles. The predicted octanol–water partition coefficient (Wildman–Crippen LogP) is 3.39. The topological polar surface area (TPSA) is 89.5 Å². The van der Waals surface area contributed by atoms with Crippen molar-refractivity contribution in [2.24, 2.45) is 0 Å². The van der Waals surface area contributed by atoms with Gasteiger partial charge in [-0.05, 0) is 60.0 Å². The average Bonchev–Trinajstić information content (AvgIpc) is 3.22. The zero-order chi connectivity index (χ0) is 21.1. The molecule has 0 aliphatic rings. The highest BCUT2D eigenvalue weighted by Gasteiger charge is 2.31. The van der Waals surface area contributed by atoms with E-state index in [4.69, 9.17) is 4.74 Å². The van der Waals surface area contributed by atoms with Crippen molar-refractivity contribution in [1.82, 2.24) is 4.72 Å². The molecule has 0 amide bonds. The van der Waals surface area contributed by atoms with Gasteiger partial charge in [0, 0.05) is 11.4 Å². The number of sulfonamides is 1. The van der Waals surface area contributed by atoms with Gasteiger partial charge < -0.3 is 4.74 Å². The molecule has 1 N–H and O–H groups in total. The number of nitrogens with one attached hydrogen (secondary N) is 1. The summed E-state index contributed by atoms with van der Waals surface area (Å²) in [6.45, 7) is -0.366. The van der Waals surface area contributed by atoms with Crippen molar-refractivity contribution < 1.29 is 26.0 Å². The van der Waals surface area contributed by atoms with Crippen molar-refractivity contribution in [2.75, 3.05) is 13.7 Å². The van der Waals surface area contributed by atoms with Crippen molar-refractivity contribution in [3.8, 4) is 5.75 Å². The largest absolute Gasteiger partial charge is 0.497 e. The molecule has 0 spiro atoms. The van der Waals surface area contributed by atoms with E-state index in [9.17, 15) is 21.2 Å². The lowest BCUT2D eigenvalue weighted by Crippen LogP contribution is -2.31. The molecule has 6 nitrogen and oxygen atoms in total. The number of hydrogen-bond donors (Lipinski definition) is 1. The van der Waals surface area contributed by atoms with E-state index < -0.39 is 30.9 Å². The van der Waals surface area contributed by atoms with Crippen LogP contribution in [-0.4, -0.2) is 30.5 Å². The Morgan fingerprint density at radius 1 is 0.966 bits per heavy atom. The summed E-state index contributed by atoms with van der Waals surface area (Å²) in [7, 11) is -6.44. The molecule has 3 aromatic rings. The summed E-state index contributed by atoms with van der Waals surface area (Å²) in [5, 5.41) is 0.557. The minimum absolute atomic E-state index is 0.0117. The monoisotopic (exact) mass is 455 g/mol. The van der Waals surface area contributed by atoms with Crippen molar-refractivity contribution in [3.63, 3.8) is 0 Å². The van der Waals surface area contributed by atoms with Crippen molar-refractivity contribution in [1.29, 1.82) is 0 Å². The van der Waals surface area contributed by atoms with Gasteiger partial charge in [-0.25, -0.2) is 25.9 Å². The van der Waals surface area contributed by atoms with Crippen LogP contribution in [0.3, 0.4) is 0 Å². The zero-order valence-corrected chi connectivity index (χ0v) is 17.7. The maximum atomic E-state index is 13.2. The van der Waals surface area contributed by atoms with Gasteiger partial charge in [0.1, 0.15) is 16.8 Å². The van der Waals surface area contributed by atoms with Gasteiger partial charge in [-0.3, -0.25) is 0 Å². The van der Waals surface area contributed by atoms with Gasteiger partial charge >= 0.3 is 0 Å². The molecular formula is C19H18FNO5S3. The molecule has 0 bridgehead atoms. The highest BCUT2D eigenvalue weighted by Crippen LogP contribution is 2.32. The van der Waals surface area contributed by atoms with Gasteiger partial charge in [0.2, 0.25) is 10.0 Å². The van der Waals surface area contributed by atoms with Gasteiger partial charge in [-0.2, -0.15) is 0 Å². The van der Waals surface area contributed by atoms with Crippen LogP contribution in [0, 0.1) is 5.82 Å². The fourth-order valence-electron chi connectivity index (χ4n) is 2.65. The lowest BCUT2D eigenvalue weighted by atomic mass is 10.3. The number of ether oxygens (including phenoxy) is 1. The SMILES string of the molecule is COc1ccc(S(=O)(=O)NCC(c2cccs2)S(=O)(=O)c2ccc(F)cc2)cc1. The summed E-state index contributed by atoms with van der Waals surface area (Å²) in [6, 6.07) is 13.5. The van der Waals surface area contributed by atoms with Crippen LogP contribution in [0.1, 0.15) is 10.1 Å². The molecule has 1 aromatic heterocycles. The summed E-state index contributed by atoms with van der Waals surface area (Å²) < 4.78 is 72.1. The predicted molar refractivity (Wildman–Crippen MR) is 109 cm³/mol. The van der Waals surface area contributed by atoms with E-state index in [0.717, 1.165) is 12.1 Å². The Kier molecular flexibility index (Phi) is 6.37. The number of sulfone groups is 1. The second kappa shape index (κ2) is 8.62. The first-order valence-corrected chi connectivity index (χ1v) is 12.3. The zero-order valence-electron chi connectivity index (χ0n) is 15.3. The second-order valence-corrected chi connectivity index (χ2v) is 10.9. The number of rotatable bonds is 8. The van der Waals surface area contributed by atoms with Crippen molar-refractivity contribution in [3.05, 3.63) is 76.7 Å². The molecule has 1 heterocycles. The van der Waals surface area contributed by atoms with Crippen molar-refractivity contribution >= 4 is 31.2 Å². The van der Waals surface area contributed by atoms with Crippen LogP contribution in [0.2, 0.25) is 0 Å². The first-order valence-electron chi connectivity index (χ1n) is 8.40. The smallest absolute Gasteiger partial charge is 0.240 e. The fraction of sp³-hybridized carbons (Fsp3) is 0.158. The highest BCUT2D eigenvalue weighted by molar-refractivity contribution is 7.92. The van der Waals surface area contributed by atoms with Crippen LogP contribution in [0.4, 0.5) is 4.39 Å². The van der Waals surface area contributed by atoms with E-state index >= 15 is 0 Å². The van der Waals surface area contributed by atoms with Crippen LogP contribution in [-0.2, 0) is 19.9 Å². The third-order valence-corrected chi connectivity index (χ3v) is 8.88. The number of halogens is 1. The molecule has 1 atom stereocenters. The fourth-order valence-corrected chi connectivity index (χ4v) is 6.59. The van der Waals surface area contributed by atoms with E-state index in [2.05, 4.69) is 4.72 Å². The molecule has 0 fully saturated rings. The summed E-state index contributed by atoms with van der Waals surface area (Å²) in [5.74, 6) is -0.0591. The normalized spacial score (nSPS) is 13.2. The van der Waals surface area contributed by atoms with Crippen LogP contribution in [0.5, 0.6) is 5.75 Å². The van der Waals surface area contributed by atoms with Crippen LogP contribution in [0.15, 0.2) is 75.8 Å². The van der Waals surface area contributed by atoms with E-state index in [1.54, 1.807) is 17.5 Å². The molecule has 0 aliphatic heterocycles. The van der Waals surface area contributed by atoms with Gasteiger partial charge in [0.25, 0.3) is 0 Å². The summed E-state index contributed by atoms with van der Waals surface area (Å²) in [5.41, 5.74) is 0. The first kappa shape index (κ1) is 21.4. The number of hydrogen-bond acceptors (Lipinski definition) is 6. The molecule has 10 heteroatoms. The molecule has 1 unspecified atom stereocenters. The average molecular weight is 456 g/mol. The van der Waals surface area contributed by atoms with Gasteiger partial charge in [-0.15, -0.1) is 11.3 Å². The Morgan fingerprint density at radius 3 is 2.14 bits per heavy atom. The number of thiophene rings is 1. The van der Waals surface area contributed by atoms with E-state index in [-0.39, 0.29) is 16.3 Å². The van der Waals surface area contributed by atoms with Crippen molar-refractivity contribution in [2.45, 2.75) is 15.0 Å². The second-order valence-electron chi connectivity index (χ2n) is 6.03. The van der Waals surface area contributed by atoms with E-state index in [1.165, 1.54) is 54.8 Å². The molecule has 0 saturated heterocycles. The van der Waals surface area contributed by atoms with Gasteiger partial charge in [-0.1, -0.05) is 6.07 Å². The summed E-state index contributed by atoms with van der Waals surface area (Å²) >= 11 is 1.20. The molecule has 0 aliphatic carbocycles. The third kappa shape index (κ3) is 4.84. The lowest BCUT2D eigenvalue weighted by Gasteiger charge is -2.17. The van der Waals surface area contributed by atoms with Crippen LogP contribution < -0.4 is 9.46 Å². The maximum absolute atomic E-state index is 13.2. The summed E-state index contributed by atoms with van der Waals surface area (Å²) in [4.78, 5) is 0.384. The minimum Gasteiger partial charge on any atom is -0.497 e. The molecule has 3 rings (SSSR count). The molecular weight excluding hydrogens is 437 g/mol. The van der Waals surface area contributed by atoms with E-state index in [0.29, 0.717) is 10.6 Å². The van der Waals surface area contributed by atoms with Crippen LogP contribution in [0.25, 0.3) is 0 Å². The Balaban J connectivity index is 1.89. The molecule has 29 heavy (non-hydrogen) atoms. The standard InChI is InChI=1S/C19H18FNO5S3/c1-26-15-6-10-17(11-7-15)29(24,25)21-13-19(18-3-2-12-27-18)28(22,23)16-8-4-14(20)5-9-16/h2-12,19,21H,13H2,1H3. The Hall–Kier alpha value is -2.27. The Labute approximate surface area is 172 Å². The summed E-state index contributed by atoms with van der Waals surface area (Å²) in [6.07, 6.45) is 0. The molecule has 0 radical (unpaired) electrons. The third-order valence-electron chi connectivity index (χ3n) is 4.21. The Morgan fingerprint density at radius 2 is 1.59 bits per heavy atom. The van der Waals surface area contributed by atoms with Gasteiger partial charge in [0.15, 0.2) is 9.84 Å². The Bertz CT molecular complexity index is 1160. The molecule has 154 valence electrons. The highest BCUT2D eigenvalue weighted by atomic mass is 32.2. The maximum Gasteiger partial charge on any atom is 0.240 e. The molecule has 2 aromatic carbocycles. The lowest BCUT2D eigenvalue weighted by molar-refractivity contribution is 0.414.